The molecule has 0 aromatic carbocycles. The lowest BCUT2D eigenvalue weighted by Gasteiger charge is -2.20. The van der Waals surface area contributed by atoms with Gasteiger partial charge >= 0.3 is 0 Å². The van der Waals surface area contributed by atoms with Crippen LogP contribution in [-0.4, -0.2) is 19.7 Å². The number of hydrogen-bond donors (Lipinski definition) is 2. The minimum absolute atomic E-state index is 0. The van der Waals surface area contributed by atoms with Gasteiger partial charge in [-0.3, -0.25) is 0 Å². The lowest BCUT2D eigenvalue weighted by Crippen LogP contribution is -2.32. The van der Waals surface area contributed by atoms with Gasteiger partial charge in [-0.15, -0.1) is 24.8 Å². The number of halogens is 2. The first-order valence-electron chi connectivity index (χ1n) is 3.46. The van der Waals surface area contributed by atoms with Crippen LogP contribution in [0.4, 0.5) is 0 Å². The highest BCUT2D eigenvalue weighted by atomic mass is 35.5. The highest BCUT2D eigenvalue weighted by Crippen LogP contribution is 2.08. The molecule has 0 aromatic heterocycles. The van der Waals surface area contributed by atoms with Crippen LogP contribution in [0.1, 0.15) is 12.8 Å². The van der Waals surface area contributed by atoms with Crippen molar-refractivity contribution in [3.05, 3.63) is 0 Å². The number of rotatable bonds is 2. The van der Waals surface area contributed by atoms with Crippen molar-refractivity contribution in [2.45, 2.75) is 12.8 Å². The molecule has 0 bridgehead atoms. The van der Waals surface area contributed by atoms with Crippen molar-refractivity contribution in [1.82, 2.24) is 5.32 Å². The lowest BCUT2D eigenvalue weighted by atomic mass is 10.0. The zero-order valence-corrected chi connectivity index (χ0v) is 8.05. The number of nitrogens with two attached hydrogens (primary N) is 1. The van der Waals surface area contributed by atoms with E-state index in [1.54, 1.807) is 0 Å². The van der Waals surface area contributed by atoms with E-state index in [-0.39, 0.29) is 24.8 Å². The zero-order chi connectivity index (χ0) is 6.53. The summed E-state index contributed by atoms with van der Waals surface area (Å²) in [5.74, 6) is 5.57. The fourth-order valence-corrected chi connectivity index (χ4v) is 1.20. The third-order valence-corrected chi connectivity index (χ3v) is 1.73. The summed E-state index contributed by atoms with van der Waals surface area (Å²) in [4.78, 5) is 4.54. The molecule has 3 nitrogen and oxygen atoms in total. The number of hydrogen-bond acceptors (Lipinski definition) is 3. The van der Waals surface area contributed by atoms with Crippen LogP contribution in [0, 0.1) is 5.92 Å². The van der Waals surface area contributed by atoms with Gasteiger partial charge in [-0.05, 0) is 25.3 Å². The second-order valence-corrected chi connectivity index (χ2v) is 2.55. The predicted octanol–water partition coefficient (Wildman–Crippen LogP) is 0.720. The fraction of sp³-hybridized carbons (Fsp3) is 1.00. The maximum absolute atomic E-state index is 4.93. The van der Waals surface area contributed by atoms with E-state index in [9.17, 15) is 0 Å². The summed E-state index contributed by atoms with van der Waals surface area (Å²) in [7, 11) is 0. The number of nitrogens with one attached hydrogen (secondary N) is 1. The molecule has 1 heterocycles. The first kappa shape index (κ1) is 14.0. The molecular formula is C6H16Cl2N2O. The molecule has 1 fully saturated rings. The first-order chi connectivity index (χ1) is 4.43. The standard InChI is InChI=1S/C6H14N2O.2ClH/c7-9-5-6-2-1-3-8-4-6;;/h6,8H,1-5,7H2;2*1H. The smallest absolute Gasteiger partial charge is 0.0719 e. The molecular weight excluding hydrogens is 187 g/mol. The van der Waals surface area contributed by atoms with Crippen molar-refractivity contribution < 1.29 is 4.84 Å². The van der Waals surface area contributed by atoms with Gasteiger partial charge in [0.15, 0.2) is 0 Å². The summed E-state index contributed by atoms with van der Waals surface area (Å²) in [5, 5.41) is 3.28. The highest BCUT2D eigenvalue weighted by Gasteiger charge is 2.11. The normalized spacial score (nSPS) is 23.2. The molecule has 1 aliphatic rings. The molecule has 3 N–H and O–H groups in total. The summed E-state index contributed by atoms with van der Waals surface area (Å²) in [5.41, 5.74) is 0. The Kier molecular flexibility index (Phi) is 10.9. The largest absolute Gasteiger partial charge is 0.316 e. The number of piperidine rings is 1. The predicted molar refractivity (Wildman–Crippen MR) is 50.2 cm³/mol. The van der Waals surface area contributed by atoms with Crippen LogP contribution in [0.3, 0.4) is 0 Å². The minimum Gasteiger partial charge on any atom is -0.316 e. The van der Waals surface area contributed by atoms with Crippen molar-refractivity contribution in [3.63, 3.8) is 0 Å². The molecule has 1 aliphatic heterocycles. The van der Waals surface area contributed by atoms with Crippen molar-refractivity contribution in [3.8, 4) is 0 Å². The second kappa shape index (κ2) is 8.56. The Morgan fingerprint density at radius 1 is 1.45 bits per heavy atom. The van der Waals surface area contributed by atoms with Crippen LogP contribution < -0.4 is 11.2 Å². The van der Waals surface area contributed by atoms with Gasteiger partial charge in [0.05, 0.1) is 6.61 Å². The van der Waals surface area contributed by atoms with Crippen LogP contribution in [0.15, 0.2) is 0 Å². The van der Waals surface area contributed by atoms with E-state index >= 15 is 0 Å². The Morgan fingerprint density at radius 2 is 2.18 bits per heavy atom. The molecule has 1 saturated heterocycles. The molecule has 1 rings (SSSR count). The molecule has 5 heteroatoms. The molecule has 0 spiro atoms. The fourth-order valence-electron chi connectivity index (χ4n) is 1.20. The molecule has 0 aliphatic carbocycles. The summed E-state index contributed by atoms with van der Waals surface area (Å²) >= 11 is 0. The average molecular weight is 203 g/mol. The van der Waals surface area contributed by atoms with E-state index in [1.807, 2.05) is 0 Å². The topological polar surface area (TPSA) is 47.3 Å². The minimum atomic E-state index is 0. The quantitative estimate of drug-likeness (QED) is 0.650. The third kappa shape index (κ3) is 5.70. The molecule has 11 heavy (non-hydrogen) atoms. The summed E-state index contributed by atoms with van der Waals surface area (Å²) in [6.45, 7) is 2.92. The maximum Gasteiger partial charge on any atom is 0.0719 e. The van der Waals surface area contributed by atoms with E-state index in [1.165, 1.54) is 12.8 Å². The highest BCUT2D eigenvalue weighted by molar-refractivity contribution is 5.85. The Labute approximate surface area is 79.8 Å². The summed E-state index contributed by atoms with van der Waals surface area (Å²) in [6.07, 6.45) is 2.51. The van der Waals surface area contributed by atoms with Crippen LogP contribution >= 0.6 is 24.8 Å². The summed E-state index contributed by atoms with van der Waals surface area (Å²) < 4.78 is 0. The van der Waals surface area contributed by atoms with Gasteiger partial charge < -0.3 is 10.2 Å². The van der Waals surface area contributed by atoms with Crippen LogP contribution in [0.2, 0.25) is 0 Å². The Balaban J connectivity index is 0. The molecule has 0 aromatic rings. The van der Waals surface area contributed by atoms with Crippen LogP contribution in [0.25, 0.3) is 0 Å². The maximum atomic E-state index is 4.93. The van der Waals surface area contributed by atoms with Gasteiger partial charge in [-0.1, -0.05) is 0 Å². The molecule has 1 unspecified atom stereocenters. The monoisotopic (exact) mass is 202 g/mol. The lowest BCUT2D eigenvalue weighted by molar-refractivity contribution is 0.0913. The third-order valence-electron chi connectivity index (χ3n) is 1.73. The molecule has 0 radical (unpaired) electrons. The first-order valence-corrected chi connectivity index (χ1v) is 3.46. The van der Waals surface area contributed by atoms with Gasteiger partial charge in [0.1, 0.15) is 0 Å². The average Bonchev–Trinajstić information content (AvgIpc) is 1.91. The van der Waals surface area contributed by atoms with E-state index < -0.39 is 0 Å². The van der Waals surface area contributed by atoms with Gasteiger partial charge in [0.25, 0.3) is 0 Å². The molecule has 0 amide bonds. The summed E-state index contributed by atoms with van der Waals surface area (Å²) in [6, 6.07) is 0. The van der Waals surface area contributed by atoms with Gasteiger partial charge in [0.2, 0.25) is 0 Å². The van der Waals surface area contributed by atoms with E-state index in [2.05, 4.69) is 10.2 Å². The van der Waals surface area contributed by atoms with Crippen molar-refractivity contribution in [2.24, 2.45) is 11.8 Å². The van der Waals surface area contributed by atoms with Gasteiger partial charge in [0, 0.05) is 6.54 Å². The van der Waals surface area contributed by atoms with Gasteiger partial charge in [-0.2, -0.15) is 0 Å². The molecule has 0 saturated carbocycles. The van der Waals surface area contributed by atoms with Crippen molar-refractivity contribution >= 4 is 24.8 Å². The van der Waals surface area contributed by atoms with Crippen molar-refractivity contribution in [1.29, 1.82) is 0 Å². The van der Waals surface area contributed by atoms with Crippen LogP contribution in [-0.2, 0) is 4.84 Å². The molecule has 70 valence electrons. The van der Waals surface area contributed by atoms with Gasteiger partial charge in [-0.25, -0.2) is 5.90 Å². The van der Waals surface area contributed by atoms with E-state index in [4.69, 9.17) is 5.90 Å². The van der Waals surface area contributed by atoms with E-state index in [0.29, 0.717) is 12.5 Å². The Hall–Kier alpha value is 0.460. The SMILES string of the molecule is Cl.Cl.NOCC1CCCNC1. The van der Waals surface area contributed by atoms with E-state index in [0.717, 1.165) is 13.1 Å². The Morgan fingerprint density at radius 3 is 2.64 bits per heavy atom. The zero-order valence-electron chi connectivity index (χ0n) is 6.41. The van der Waals surface area contributed by atoms with Crippen molar-refractivity contribution in [2.75, 3.05) is 19.7 Å². The molecule has 1 atom stereocenters. The van der Waals surface area contributed by atoms with Crippen LogP contribution in [0.5, 0.6) is 0 Å². The second-order valence-electron chi connectivity index (χ2n) is 2.55. The Bertz CT molecular complexity index is 76.2.